The normalized spacial score (nSPS) is 11.6. The molecule has 0 aliphatic carbocycles. The topological polar surface area (TPSA) is 0 Å². The fourth-order valence-corrected chi connectivity index (χ4v) is 4.92. The van der Waals surface area contributed by atoms with E-state index in [0.717, 1.165) is 0 Å². The fraction of sp³-hybridized carbons (Fsp3) is 0.357. The quantitative estimate of drug-likeness (QED) is 0.543. The third-order valence-electron chi connectivity index (χ3n) is 3.29. The summed E-state index contributed by atoms with van der Waals surface area (Å²) in [7, 11) is -1.22. The standard InChI is InChI=1S/C14H19Si.Ti/c1-10-11(2)14(15(3,4)5)13-9-7-6-8-12(10)13;/h6-9H,1-5H3;/q-1;. The molecule has 0 unspecified atom stereocenters. The van der Waals surface area contributed by atoms with Crippen molar-refractivity contribution in [2.24, 2.45) is 0 Å². The maximum absolute atomic E-state index is 2.43. The molecule has 0 saturated heterocycles. The first-order valence-corrected chi connectivity index (χ1v) is 9.08. The number of hydrogen-bond acceptors (Lipinski definition) is 0. The van der Waals surface area contributed by atoms with Crippen molar-refractivity contribution in [3.05, 3.63) is 35.4 Å². The minimum Gasteiger partial charge on any atom is -0.153 e. The average molecular weight is 263 g/mol. The number of aryl methyl sites for hydroxylation is 1. The molecule has 0 aliphatic heterocycles. The zero-order valence-electron chi connectivity index (χ0n) is 10.8. The van der Waals surface area contributed by atoms with Gasteiger partial charge in [-0.3, -0.25) is 0 Å². The van der Waals surface area contributed by atoms with Crippen molar-refractivity contribution in [3.8, 4) is 0 Å². The molecule has 0 aliphatic rings. The smallest absolute Gasteiger partial charge is 0.0293 e. The van der Waals surface area contributed by atoms with Crippen LogP contribution in [0.1, 0.15) is 11.1 Å². The third-order valence-corrected chi connectivity index (χ3v) is 5.43. The molecule has 2 heteroatoms. The van der Waals surface area contributed by atoms with Crippen LogP contribution in [0.15, 0.2) is 24.3 Å². The van der Waals surface area contributed by atoms with Crippen LogP contribution < -0.4 is 5.19 Å². The summed E-state index contributed by atoms with van der Waals surface area (Å²) in [5.74, 6) is 0. The fourth-order valence-electron chi connectivity index (χ4n) is 2.59. The van der Waals surface area contributed by atoms with E-state index in [9.17, 15) is 0 Å². The van der Waals surface area contributed by atoms with E-state index in [-0.39, 0.29) is 21.7 Å². The van der Waals surface area contributed by atoms with Gasteiger partial charge in [-0.15, -0.1) is 39.7 Å². The molecule has 0 fully saturated rings. The summed E-state index contributed by atoms with van der Waals surface area (Å²) in [4.78, 5) is 0. The molecule has 0 heterocycles. The predicted molar refractivity (Wildman–Crippen MR) is 72.0 cm³/mol. The van der Waals surface area contributed by atoms with E-state index >= 15 is 0 Å². The number of benzene rings is 1. The molecule has 0 radical (unpaired) electrons. The second-order valence-electron chi connectivity index (χ2n) is 5.42. The van der Waals surface area contributed by atoms with E-state index in [1.165, 1.54) is 21.9 Å². The van der Waals surface area contributed by atoms with Crippen molar-refractivity contribution in [1.29, 1.82) is 0 Å². The second kappa shape index (κ2) is 4.56. The Balaban J connectivity index is 0.00000128. The predicted octanol–water partition coefficient (Wildman–Crippen LogP) is 3.72. The first kappa shape index (κ1) is 13.8. The minimum atomic E-state index is -1.22. The van der Waals surface area contributed by atoms with E-state index in [1.54, 1.807) is 5.19 Å². The maximum Gasteiger partial charge on any atom is 0.0293 e. The second-order valence-corrected chi connectivity index (χ2v) is 10.4. The summed E-state index contributed by atoms with van der Waals surface area (Å²) < 4.78 is 0. The van der Waals surface area contributed by atoms with Gasteiger partial charge in [-0.2, -0.15) is 5.56 Å². The third kappa shape index (κ3) is 2.09. The Morgan fingerprint density at radius 1 is 1.00 bits per heavy atom. The Morgan fingerprint density at radius 3 is 2.12 bits per heavy atom. The van der Waals surface area contributed by atoms with Gasteiger partial charge in [-0.1, -0.05) is 39.6 Å². The van der Waals surface area contributed by atoms with E-state index in [2.05, 4.69) is 57.8 Å². The molecule has 0 bridgehead atoms. The molecular formula is C14H19SiTi-. The Kier molecular flexibility index (Phi) is 3.94. The summed E-state index contributed by atoms with van der Waals surface area (Å²) in [6.45, 7) is 11.8. The first-order valence-electron chi connectivity index (χ1n) is 5.58. The van der Waals surface area contributed by atoms with Crippen LogP contribution >= 0.6 is 0 Å². The van der Waals surface area contributed by atoms with Crippen molar-refractivity contribution < 1.29 is 21.7 Å². The summed E-state index contributed by atoms with van der Waals surface area (Å²) in [6, 6.07) is 8.83. The van der Waals surface area contributed by atoms with Crippen LogP contribution in [0.2, 0.25) is 19.6 Å². The molecule has 0 saturated carbocycles. The van der Waals surface area contributed by atoms with Gasteiger partial charge < -0.3 is 0 Å². The molecule has 84 valence electrons. The van der Waals surface area contributed by atoms with E-state index in [4.69, 9.17) is 0 Å². The van der Waals surface area contributed by atoms with Crippen LogP contribution in [0, 0.1) is 13.8 Å². The van der Waals surface area contributed by atoms with E-state index in [0.29, 0.717) is 0 Å². The molecule has 2 rings (SSSR count). The molecule has 0 aromatic heterocycles. The van der Waals surface area contributed by atoms with Gasteiger partial charge in [0.05, 0.1) is 0 Å². The van der Waals surface area contributed by atoms with Crippen LogP contribution in [0.3, 0.4) is 0 Å². The van der Waals surface area contributed by atoms with Crippen molar-refractivity contribution in [3.63, 3.8) is 0 Å². The van der Waals surface area contributed by atoms with Crippen LogP contribution in [-0.2, 0) is 21.7 Å². The van der Waals surface area contributed by atoms with E-state index in [1.807, 2.05) is 0 Å². The van der Waals surface area contributed by atoms with Gasteiger partial charge in [-0.25, -0.2) is 0 Å². The number of rotatable bonds is 1. The summed E-state index contributed by atoms with van der Waals surface area (Å²) in [5.41, 5.74) is 3.00. The molecular weight excluding hydrogens is 244 g/mol. The summed E-state index contributed by atoms with van der Waals surface area (Å²) in [6.07, 6.45) is 0. The van der Waals surface area contributed by atoms with Gasteiger partial charge in [0.1, 0.15) is 0 Å². The van der Waals surface area contributed by atoms with Crippen LogP contribution in [0.4, 0.5) is 0 Å². The molecule has 0 atom stereocenters. The number of fused-ring (bicyclic) bond motifs is 1. The minimum absolute atomic E-state index is 0. The van der Waals surface area contributed by atoms with Crippen LogP contribution in [0.5, 0.6) is 0 Å². The Morgan fingerprint density at radius 2 is 1.56 bits per heavy atom. The van der Waals surface area contributed by atoms with Gasteiger partial charge in [-0.05, 0) is 0 Å². The van der Waals surface area contributed by atoms with Gasteiger partial charge in [0.15, 0.2) is 0 Å². The molecule has 2 aromatic carbocycles. The molecule has 2 aromatic rings. The Labute approximate surface area is 114 Å². The van der Waals surface area contributed by atoms with Gasteiger partial charge in [0.25, 0.3) is 0 Å². The first-order chi connectivity index (χ1) is 6.93. The molecule has 0 amide bonds. The summed E-state index contributed by atoms with van der Waals surface area (Å²) in [5, 5.41) is 4.59. The van der Waals surface area contributed by atoms with E-state index < -0.39 is 8.07 Å². The van der Waals surface area contributed by atoms with Crippen molar-refractivity contribution in [1.82, 2.24) is 0 Å². The van der Waals surface area contributed by atoms with Gasteiger partial charge >= 0.3 is 0 Å². The molecule has 0 nitrogen and oxygen atoms in total. The van der Waals surface area contributed by atoms with Gasteiger partial charge in [0, 0.05) is 29.8 Å². The molecule has 16 heavy (non-hydrogen) atoms. The van der Waals surface area contributed by atoms with Gasteiger partial charge in [0.2, 0.25) is 0 Å². The van der Waals surface area contributed by atoms with Crippen LogP contribution in [0.25, 0.3) is 10.8 Å². The summed E-state index contributed by atoms with van der Waals surface area (Å²) >= 11 is 0. The number of hydrogen-bond donors (Lipinski definition) is 0. The Hall–Kier alpha value is -0.239. The van der Waals surface area contributed by atoms with Crippen LogP contribution in [-0.4, -0.2) is 8.07 Å². The zero-order valence-corrected chi connectivity index (χ0v) is 13.4. The monoisotopic (exact) mass is 263 g/mol. The Bertz CT molecular complexity index is 503. The zero-order chi connectivity index (χ0) is 11.2. The van der Waals surface area contributed by atoms with Crippen molar-refractivity contribution in [2.45, 2.75) is 33.5 Å². The molecule has 0 N–H and O–H groups in total. The SMILES string of the molecule is Cc1c(C)[c-]([Si](C)(C)C)c2ccccc12.[Ti]. The van der Waals surface area contributed by atoms with Crippen molar-refractivity contribution in [2.75, 3.05) is 0 Å². The maximum atomic E-state index is 2.43. The average Bonchev–Trinajstić information content (AvgIpc) is 2.39. The largest absolute Gasteiger partial charge is 0.153 e. The molecule has 0 spiro atoms. The van der Waals surface area contributed by atoms with Crippen molar-refractivity contribution >= 4 is 24.0 Å².